The number of Topliss-reactive ketones (excluding diaryl/α,β-unsaturated/α-hetero) is 1. The molecule has 2 heterocycles. The molecule has 1 amide bonds. The lowest BCUT2D eigenvalue weighted by Crippen LogP contribution is -2.65. The highest BCUT2D eigenvalue weighted by Gasteiger charge is 2.51. The number of nitrogens with two attached hydrogens (primary N) is 1. The van der Waals surface area contributed by atoms with Crippen LogP contribution in [0.3, 0.4) is 0 Å². The summed E-state index contributed by atoms with van der Waals surface area (Å²) in [6.07, 6.45) is -0.923. The normalized spacial score (nSPS) is 40.3. The third kappa shape index (κ3) is 9.46. The number of likely N-dealkylation sites (N-methyl/N-ethyl adjacent to an activating group) is 1. The second-order valence-electron chi connectivity index (χ2n) is 13.9. The van der Waals surface area contributed by atoms with Crippen molar-refractivity contribution in [2.75, 3.05) is 40.8 Å². The number of hydrogen-bond acceptors (Lipinski definition) is 12. The van der Waals surface area contributed by atoms with Gasteiger partial charge < -0.3 is 50.0 Å². The summed E-state index contributed by atoms with van der Waals surface area (Å²) in [5.41, 5.74) is 2.95. The summed E-state index contributed by atoms with van der Waals surface area (Å²) in [5.74, 6) is -3.27. The molecule has 0 aromatic rings. The lowest BCUT2D eigenvalue weighted by molar-refractivity contribution is -0.294. The van der Waals surface area contributed by atoms with Crippen molar-refractivity contribution in [2.45, 2.75) is 141 Å². The van der Waals surface area contributed by atoms with Crippen LogP contribution in [-0.4, -0.2) is 139 Å². The summed E-state index contributed by atoms with van der Waals surface area (Å²) in [6.45, 7) is 13.3. The molecular weight excluding hydrogens is 596 g/mol. The number of hydrogen-bond donors (Lipinski definition) is 4. The molecule has 2 rings (SSSR count). The lowest BCUT2D eigenvalue weighted by Gasteiger charge is -2.47. The van der Waals surface area contributed by atoms with E-state index in [2.05, 4.69) is 5.32 Å². The molecule has 2 aliphatic heterocycles. The number of esters is 1. The molecular formula is C33H62N4O9. The van der Waals surface area contributed by atoms with E-state index >= 15 is 0 Å². The van der Waals surface area contributed by atoms with Crippen LogP contribution in [0.15, 0.2) is 0 Å². The third-order valence-electron chi connectivity index (χ3n) is 10.1. The summed E-state index contributed by atoms with van der Waals surface area (Å²) in [5, 5.41) is 26.7. The van der Waals surface area contributed by atoms with Crippen LogP contribution in [-0.2, 0) is 33.3 Å². The minimum atomic E-state index is -1.66. The van der Waals surface area contributed by atoms with Gasteiger partial charge in [-0.3, -0.25) is 14.4 Å². The minimum Gasteiger partial charge on any atom is -0.459 e. The molecule has 0 saturated carbocycles. The van der Waals surface area contributed by atoms with E-state index in [-0.39, 0.29) is 18.6 Å². The number of carbonyl (C=O) groups is 3. The first-order chi connectivity index (χ1) is 21.5. The fourth-order valence-electron chi connectivity index (χ4n) is 7.14. The van der Waals surface area contributed by atoms with E-state index in [4.69, 9.17) is 24.7 Å². The van der Waals surface area contributed by atoms with Gasteiger partial charge in [0.15, 0.2) is 12.1 Å². The first kappa shape index (κ1) is 40.5. The van der Waals surface area contributed by atoms with Gasteiger partial charge in [0.25, 0.3) is 0 Å². The summed E-state index contributed by atoms with van der Waals surface area (Å²) in [6, 6.07) is -1.47. The van der Waals surface area contributed by atoms with E-state index < -0.39 is 71.5 Å². The SMILES string of the molecule is CC[C@H]1OC(=O)[C@H](C)C(=O)[C@@H](C)[C@@H](O[C@@H]2O[C@H](C)CC(N(C)C)C2O)[C@](C)(OC)CCN[C@H](C)[C@@H](N(C=O)CCCCN)[C@]1(C)O. The van der Waals surface area contributed by atoms with Gasteiger partial charge in [0.2, 0.25) is 6.41 Å². The van der Waals surface area contributed by atoms with E-state index in [1.54, 1.807) is 20.8 Å². The first-order valence-electron chi connectivity index (χ1n) is 16.8. The van der Waals surface area contributed by atoms with Crippen molar-refractivity contribution in [3.63, 3.8) is 0 Å². The Morgan fingerprint density at radius 1 is 1.15 bits per heavy atom. The highest BCUT2D eigenvalue weighted by Crippen LogP contribution is 2.35. The van der Waals surface area contributed by atoms with Crippen LogP contribution in [0.1, 0.15) is 80.6 Å². The first-order valence-corrected chi connectivity index (χ1v) is 16.8. The predicted octanol–water partition coefficient (Wildman–Crippen LogP) is 1.06. The highest BCUT2D eigenvalue weighted by atomic mass is 16.7. The van der Waals surface area contributed by atoms with Crippen LogP contribution in [0, 0.1) is 11.8 Å². The Balaban J connectivity index is 2.57. The number of amides is 1. The molecule has 268 valence electrons. The van der Waals surface area contributed by atoms with Crippen molar-refractivity contribution in [3.05, 3.63) is 0 Å². The zero-order valence-corrected chi connectivity index (χ0v) is 29.7. The van der Waals surface area contributed by atoms with Gasteiger partial charge >= 0.3 is 5.97 Å². The number of aliphatic hydroxyl groups excluding tert-OH is 1. The van der Waals surface area contributed by atoms with Crippen molar-refractivity contribution in [1.29, 1.82) is 0 Å². The Kier molecular flexibility index (Phi) is 15.5. The van der Waals surface area contributed by atoms with Crippen LogP contribution < -0.4 is 11.1 Å². The van der Waals surface area contributed by atoms with Crippen molar-refractivity contribution in [1.82, 2.24) is 15.1 Å². The lowest BCUT2D eigenvalue weighted by atomic mass is 9.80. The van der Waals surface area contributed by atoms with E-state index in [1.807, 2.05) is 39.8 Å². The molecule has 2 fully saturated rings. The van der Waals surface area contributed by atoms with Crippen LogP contribution in [0.4, 0.5) is 0 Å². The van der Waals surface area contributed by atoms with Crippen molar-refractivity contribution < 1.29 is 43.5 Å². The highest BCUT2D eigenvalue weighted by molar-refractivity contribution is 6.00. The fourth-order valence-corrected chi connectivity index (χ4v) is 7.14. The van der Waals surface area contributed by atoms with E-state index in [0.717, 1.165) is 0 Å². The number of carbonyl (C=O) groups excluding carboxylic acids is 3. The number of methoxy groups -OCH3 is 1. The Labute approximate surface area is 275 Å². The summed E-state index contributed by atoms with van der Waals surface area (Å²) >= 11 is 0. The average molecular weight is 659 g/mol. The molecule has 0 aliphatic carbocycles. The van der Waals surface area contributed by atoms with Gasteiger partial charge in [-0.05, 0) is 93.9 Å². The zero-order valence-electron chi connectivity index (χ0n) is 29.7. The summed E-state index contributed by atoms with van der Waals surface area (Å²) in [7, 11) is 5.30. The third-order valence-corrected chi connectivity index (χ3v) is 10.1. The minimum absolute atomic E-state index is 0.211. The van der Waals surface area contributed by atoms with Crippen LogP contribution in [0.2, 0.25) is 0 Å². The number of aliphatic hydroxyl groups is 2. The van der Waals surface area contributed by atoms with Crippen LogP contribution in [0.5, 0.6) is 0 Å². The van der Waals surface area contributed by atoms with Gasteiger partial charge in [-0.1, -0.05) is 13.8 Å². The molecule has 2 unspecified atom stereocenters. The Morgan fingerprint density at radius 2 is 1.80 bits per heavy atom. The number of nitrogens with one attached hydrogen (secondary N) is 1. The molecule has 0 radical (unpaired) electrons. The Bertz CT molecular complexity index is 985. The number of cyclic esters (lactones) is 1. The van der Waals surface area contributed by atoms with Gasteiger partial charge in [0, 0.05) is 31.7 Å². The quantitative estimate of drug-likeness (QED) is 0.108. The molecule has 13 nitrogen and oxygen atoms in total. The van der Waals surface area contributed by atoms with Crippen molar-refractivity contribution in [2.24, 2.45) is 17.6 Å². The smallest absolute Gasteiger partial charge is 0.316 e. The average Bonchev–Trinajstić information content (AvgIpc) is 3.00. The summed E-state index contributed by atoms with van der Waals surface area (Å²) < 4.78 is 24.6. The van der Waals surface area contributed by atoms with E-state index in [0.29, 0.717) is 51.7 Å². The number of unbranched alkanes of at least 4 members (excludes halogenated alkanes) is 1. The molecule has 0 bridgehead atoms. The molecule has 0 aromatic carbocycles. The maximum Gasteiger partial charge on any atom is 0.316 e. The number of ketones is 1. The standard InChI is InChI=1S/C33H62N4O9/c1-11-25-33(7,42)28(37(19-38)17-13-12-15-34)23(5)35-16-14-32(6,43-10)29(21(3)26(39)22(4)30(41)45-25)46-31-27(40)24(36(8)9)18-20(2)44-31/h19-25,27-29,31,35,40,42H,11-18,34H2,1-10H3/t20-,21-,22-,23-,24?,25-,27?,28-,29-,31+,32-,33-/m1/s1. The number of nitrogens with zero attached hydrogens (tertiary/aromatic N) is 2. The molecule has 13 heteroatoms. The van der Waals surface area contributed by atoms with Gasteiger partial charge in [0.05, 0.1) is 23.9 Å². The van der Waals surface area contributed by atoms with Crippen molar-refractivity contribution in [3.8, 4) is 0 Å². The number of ether oxygens (including phenoxy) is 4. The van der Waals surface area contributed by atoms with Crippen molar-refractivity contribution >= 4 is 18.2 Å². The molecule has 2 saturated heterocycles. The Hall–Kier alpha value is -1.71. The fraction of sp³-hybridized carbons (Fsp3) is 0.909. The molecule has 46 heavy (non-hydrogen) atoms. The monoisotopic (exact) mass is 658 g/mol. The number of rotatable bonds is 11. The topological polar surface area (TPSA) is 173 Å². The van der Waals surface area contributed by atoms with E-state index in [1.165, 1.54) is 18.9 Å². The maximum absolute atomic E-state index is 14.0. The molecule has 12 atom stereocenters. The second-order valence-corrected chi connectivity index (χ2v) is 13.9. The van der Waals surface area contributed by atoms with Gasteiger partial charge in [-0.2, -0.15) is 0 Å². The van der Waals surface area contributed by atoms with Gasteiger partial charge in [0.1, 0.15) is 23.7 Å². The molecule has 0 aromatic heterocycles. The molecule has 2 aliphatic rings. The second kappa shape index (κ2) is 17.6. The largest absolute Gasteiger partial charge is 0.459 e. The summed E-state index contributed by atoms with van der Waals surface area (Å²) in [4.78, 5) is 43.4. The van der Waals surface area contributed by atoms with Crippen LogP contribution in [0.25, 0.3) is 0 Å². The van der Waals surface area contributed by atoms with Gasteiger partial charge in [-0.25, -0.2) is 0 Å². The molecule has 5 N–H and O–H groups in total. The Morgan fingerprint density at radius 3 is 2.35 bits per heavy atom. The molecule has 0 spiro atoms. The van der Waals surface area contributed by atoms with Gasteiger partial charge in [-0.15, -0.1) is 0 Å². The predicted molar refractivity (Wildman–Crippen MR) is 174 cm³/mol. The zero-order chi connectivity index (χ0) is 35.0. The maximum atomic E-state index is 14.0. The van der Waals surface area contributed by atoms with Crippen LogP contribution >= 0.6 is 0 Å². The van der Waals surface area contributed by atoms with E-state index in [9.17, 15) is 24.6 Å².